The van der Waals surface area contributed by atoms with Crippen LogP contribution in [-0.2, 0) is 13.0 Å². The summed E-state index contributed by atoms with van der Waals surface area (Å²) in [4.78, 5) is 15.9. The number of nitrogens with zero attached hydrogens (tertiary/aromatic N) is 1. The number of thiophene rings is 1. The fraction of sp³-hybridized carbons (Fsp3) is 0.500. The average Bonchev–Trinajstić information content (AvgIpc) is 2.59. The monoisotopic (exact) mass is 210 g/mol. The van der Waals surface area contributed by atoms with Crippen molar-refractivity contribution in [2.45, 2.75) is 13.0 Å². The molecule has 4 heteroatoms. The molecule has 1 aliphatic heterocycles. The van der Waals surface area contributed by atoms with Crippen LogP contribution in [0.25, 0.3) is 0 Å². The van der Waals surface area contributed by atoms with Crippen molar-refractivity contribution >= 4 is 17.2 Å². The molecular weight excluding hydrogens is 196 g/mol. The van der Waals surface area contributed by atoms with Crippen LogP contribution in [0.1, 0.15) is 20.1 Å². The zero-order valence-electron chi connectivity index (χ0n) is 8.46. The smallest absolute Gasteiger partial charge is 0.261 e. The first-order valence-electron chi connectivity index (χ1n) is 4.73. The van der Waals surface area contributed by atoms with Crippen molar-refractivity contribution in [3.05, 3.63) is 21.4 Å². The van der Waals surface area contributed by atoms with Crippen LogP contribution in [0.5, 0.6) is 0 Å². The Bertz CT molecular complexity index is 359. The Hall–Kier alpha value is -0.870. The SMILES string of the molecule is CNC(=O)c1cc2c(s1)CCN(C)C2. The van der Waals surface area contributed by atoms with Gasteiger partial charge in [0.1, 0.15) is 0 Å². The Morgan fingerprint density at radius 3 is 3.14 bits per heavy atom. The van der Waals surface area contributed by atoms with Gasteiger partial charge in [0.15, 0.2) is 0 Å². The molecule has 0 saturated carbocycles. The quantitative estimate of drug-likeness (QED) is 0.752. The summed E-state index contributed by atoms with van der Waals surface area (Å²) >= 11 is 1.63. The van der Waals surface area contributed by atoms with E-state index >= 15 is 0 Å². The number of fused-ring (bicyclic) bond motifs is 1. The third kappa shape index (κ3) is 1.67. The normalized spacial score (nSPS) is 16.4. The van der Waals surface area contributed by atoms with E-state index in [1.807, 2.05) is 6.07 Å². The molecule has 1 aromatic rings. The minimum atomic E-state index is 0.0343. The van der Waals surface area contributed by atoms with Crippen LogP contribution < -0.4 is 5.32 Å². The maximum absolute atomic E-state index is 11.4. The lowest BCUT2D eigenvalue weighted by Crippen LogP contribution is -2.25. The van der Waals surface area contributed by atoms with Gasteiger partial charge in [-0.3, -0.25) is 4.79 Å². The number of nitrogens with one attached hydrogen (secondary N) is 1. The lowest BCUT2D eigenvalue weighted by atomic mass is 10.1. The summed E-state index contributed by atoms with van der Waals surface area (Å²) in [6.07, 6.45) is 1.08. The maximum atomic E-state index is 11.4. The minimum Gasteiger partial charge on any atom is -0.354 e. The Morgan fingerprint density at radius 2 is 2.43 bits per heavy atom. The van der Waals surface area contributed by atoms with Crippen molar-refractivity contribution in [2.24, 2.45) is 0 Å². The topological polar surface area (TPSA) is 32.3 Å². The molecule has 1 aromatic heterocycles. The molecule has 0 spiro atoms. The summed E-state index contributed by atoms with van der Waals surface area (Å²) in [6, 6.07) is 2.02. The fourth-order valence-corrected chi connectivity index (χ4v) is 2.82. The van der Waals surface area contributed by atoms with Crippen LogP contribution in [0.2, 0.25) is 0 Å². The van der Waals surface area contributed by atoms with Gasteiger partial charge in [0.25, 0.3) is 5.91 Å². The van der Waals surface area contributed by atoms with Gasteiger partial charge in [-0.1, -0.05) is 0 Å². The van der Waals surface area contributed by atoms with E-state index in [1.165, 1.54) is 10.4 Å². The summed E-state index contributed by atoms with van der Waals surface area (Å²) in [5.74, 6) is 0.0343. The van der Waals surface area contributed by atoms with Crippen molar-refractivity contribution in [3.8, 4) is 0 Å². The van der Waals surface area contributed by atoms with Crippen LogP contribution >= 0.6 is 11.3 Å². The second-order valence-corrected chi connectivity index (χ2v) is 4.76. The number of carbonyl (C=O) groups excluding carboxylic acids is 1. The molecule has 0 radical (unpaired) electrons. The largest absolute Gasteiger partial charge is 0.354 e. The molecule has 1 amide bonds. The number of likely N-dealkylation sites (N-methyl/N-ethyl adjacent to an activating group) is 1. The predicted octanol–water partition coefficient (Wildman–Crippen LogP) is 1.10. The molecule has 1 aliphatic rings. The molecule has 1 N–H and O–H groups in total. The average molecular weight is 210 g/mol. The first-order chi connectivity index (χ1) is 6.70. The van der Waals surface area contributed by atoms with E-state index in [2.05, 4.69) is 17.3 Å². The first-order valence-corrected chi connectivity index (χ1v) is 5.54. The Morgan fingerprint density at radius 1 is 1.64 bits per heavy atom. The van der Waals surface area contributed by atoms with Crippen LogP contribution in [-0.4, -0.2) is 31.4 Å². The molecule has 0 unspecified atom stereocenters. The van der Waals surface area contributed by atoms with E-state index in [0.717, 1.165) is 24.4 Å². The van der Waals surface area contributed by atoms with Gasteiger partial charge in [-0.2, -0.15) is 0 Å². The van der Waals surface area contributed by atoms with Gasteiger partial charge in [-0.05, 0) is 25.1 Å². The van der Waals surface area contributed by atoms with Gasteiger partial charge in [0.2, 0.25) is 0 Å². The lowest BCUT2D eigenvalue weighted by Gasteiger charge is -2.21. The highest BCUT2D eigenvalue weighted by Crippen LogP contribution is 2.27. The Balaban J connectivity index is 2.27. The van der Waals surface area contributed by atoms with E-state index in [0.29, 0.717) is 0 Å². The number of amides is 1. The molecule has 0 atom stereocenters. The zero-order chi connectivity index (χ0) is 10.1. The Labute approximate surface area is 87.7 Å². The van der Waals surface area contributed by atoms with Crippen LogP contribution in [0.3, 0.4) is 0 Å². The van der Waals surface area contributed by atoms with Gasteiger partial charge in [0, 0.05) is 25.0 Å². The predicted molar refractivity (Wildman–Crippen MR) is 57.7 cm³/mol. The molecule has 76 valence electrons. The van der Waals surface area contributed by atoms with E-state index in [-0.39, 0.29) is 5.91 Å². The Kier molecular flexibility index (Phi) is 2.56. The van der Waals surface area contributed by atoms with Crippen molar-refractivity contribution in [1.29, 1.82) is 0 Å². The summed E-state index contributed by atoms with van der Waals surface area (Å²) in [5, 5.41) is 2.66. The van der Waals surface area contributed by atoms with Gasteiger partial charge in [-0.25, -0.2) is 0 Å². The van der Waals surface area contributed by atoms with Gasteiger partial charge < -0.3 is 10.2 Å². The molecule has 0 bridgehead atoms. The third-order valence-electron chi connectivity index (χ3n) is 2.51. The van der Waals surface area contributed by atoms with Crippen LogP contribution in [0, 0.1) is 0 Å². The molecule has 3 nitrogen and oxygen atoms in total. The summed E-state index contributed by atoms with van der Waals surface area (Å²) in [7, 11) is 3.79. The zero-order valence-corrected chi connectivity index (χ0v) is 9.28. The lowest BCUT2D eigenvalue weighted by molar-refractivity contribution is 0.0967. The van der Waals surface area contributed by atoms with Crippen LogP contribution in [0.4, 0.5) is 0 Å². The molecule has 14 heavy (non-hydrogen) atoms. The number of hydrogen-bond donors (Lipinski definition) is 1. The highest BCUT2D eigenvalue weighted by molar-refractivity contribution is 7.14. The highest BCUT2D eigenvalue weighted by atomic mass is 32.1. The van der Waals surface area contributed by atoms with E-state index in [1.54, 1.807) is 18.4 Å². The minimum absolute atomic E-state index is 0.0343. The second-order valence-electron chi connectivity index (χ2n) is 3.63. The number of carbonyl (C=O) groups is 1. The third-order valence-corrected chi connectivity index (χ3v) is 3.74. The summed E-state index contributed by atoms with van der Waals surface area (Å²) in [5.41, 5.74) is 1.32. The van der Waals surface area contributed by atoms with Gasteiger partial charge in [-0.15, -0.1) is 11.3 Å². The van der Waals surface area contributed by atoms with Crippen molar-refractivity contribution in [2.75, 3.05) is 20.6 Å². The van der Waals surface area contributed by atoms with Gasteiger partial charge in [0.05, 0.1) is 4.88 Å². The number of hydrogen-bond acceptors (Lipinski definition) is 3. The van der Waals surface area contributed by atoms with Crippen molar-refractivity contribution in [1.82, 2.24) is 10.2 Å². The molecule has 0 fully saturated rings. The molecule has 0 aliphatic carbocycles. The second kappa shape index (κ2) is 3.71. The number of rotatable bonds is 1. The maximum Gasteiger partial charge on any atom is 0.261 e. The molecule has 2 rings (SSSR count). The van der Waals surface area contributed by atoms with E-state index < -0.39 is 0 Å². The summed E-state index contributed by atoms with van der Waals surface area (Å²) in [6.45, 7) is 2.07. The fourth-order valence-electron chi connectivity index (χ4n) is 1.71. The highest BCUT2D eigenvalue weighted by Gasteiger charge is 2.18. The standard InChI is InChI=1S/C10H14N2OS/c1-11-10(13)9-5-7-6-12(2)4-3-8(7)14-9/h5H,3-4,6H2,1-2H3,(H,11,13). The molecule has 2 heterocycles. The van der Waals surface area contributed by atoms with Crippen LogP contribution in [0.15, 0.2) is 6.07 Å². The molecular formula is C10H14N2OS. The van der Waals surface area contributed by atoms with E-state index in [9.17, 15) is 4.79 Å². The van der Waals surface area contributed by atoms with E-state index in [4.69, 9.17) is 0 Å². The summed E-state index contributed by atoms with van der Waals surface area (Å²) < 4.78 is 0. The molecule has 0 aromatic carbocycles. The van der Waals surface area contributed by atoms with Crippen molar-refractivity contribution < 1.29 is 4.79 Å². The van der Waals surface area contributed by atoms with Gasteiger partial charge >= 0.3 is 0 Å². The molecule has 0 saturated heterocycles. The first kappa shape index (κ1) is 9.68. The van der Waals surface area contributed by atoms with Crippen molar-refractivity contribution in [3.63, 3.8) is 0 Å².